The molecule has 1 fully saturated rings. The highest BCUT2D eigenvalue weighted by Gasteiger charge is 2.50. The molecule has 0 saturated heterocycles. The number of rotatable bonds is 3. The van der Waals surface area contributed by atoms with E-state index in [4.69, 9.17) is 0 Å². The van der Waals surface area contributed by atoms with Gasteiger partial charge in [-0.15, -0.1) is 0 Å². The molecule has 0 radical (unpaired) electrons. The molecule has 5 rings (SSSR count). The van der Waals surface area contributed by atoms with Crippen molar-refractivity contribution in [1.82, 2.24) is 19.9 Å². The number of fused-ring (bicyclic) bond motifs is 2. The van der Waals surface area contributed by atoms with Gasteiger partial charge >= 0.3 is 0 Å². The number of amides is 1. The molecule has 3 heterocycles. The van der Waals surface area contributed by atoms with Gasteiger partial charge in [-0.05, 0) is 32.8 Å². The van der Waals surface area contributed by atoms with E-state index in [1.54, 1.807) is 6.20 Å². The standard InChI is InChI=1S/C20H20N6O/c1-20(2)15-10-21-11-23-17(15)26(18(20)27)14-7-13(8-14)24-19-22-9-12-5-3-4-6-16(12)25-19/h3-6,9-11,13-14H,7-8H2,1-2H3,(H,22,24,25)/t13-,14-. The summed E-state index contributed by atoms with van der Waals surface area (Å²) in [6, 6.07) is 8.32. The third-order valence-electron chi connectivity index (χ3n) is 5.65. The fraction of sp³-hybridized carbons (Fsp3) is 0.350. The minimum absolute atomic E-state index is 0.100. The Morgan fingerprint density at radius 3 is 2.81 bits per heavy atom. The normalized spacial score (nSPS) is 23.2. The largest absolute Gasteiger partial charge is 0.351 e. The van der Waals surface area contributed by atoms with Crippen molar-refractivity contribution in [1.29, 1.82) is 0 Å². The van der Waals surface area contributed by atoms with Gasteiger partial charge < -0.3 is 5.32 Å². The van der Waals surface area contributed by atoms with Crippen LogP contribution in [0.2, 0.25) is 0 Å². The monoisotopic (exact) mass is 360 g/mol. The summed E-state index contributed by atoms with van der Waals surface area (Å²) >= 11 is 0. The number of benzene rings is 1. The summed E-state index contributed by atoms with van der Waals surface area (Å²) in [6.45, 7) is 3.88. The summed E-state index contributed by atoms with van der Waals surface area (Å²) in [5.41, 5.74) is 1.26. The minimum atomic E-state index is -0.573. The van der Waals surface area contributed by atoms with E-state index in [0.717, 1.165) is 35.1 Å². The van der Waals surface area contributed by atoms with Gasteiger partial charge in [-0.2, -0.15) is 0 Å². The van der Waals surface area contributed by atoms with E-state index in [-0.39, 0.29) is 18.0 Å². The Morgan fingerprint density at radius 1 is 1.15 bits per heavy atom. The number of carbonyl (C=O) groups is 1. The van der Waals surface area contributed by atoms with Crippen molar-refractivity contribution in [2.45, 2.75) is 44.2 Å². The SMILES string of the molecule is CC1(C)C(=O)N([C@H]2C[C@H](Nc3ncc4ccccc4n3)C2)c2ncncc21. The first-order valence-electron chi connectivity index (χ1n) is 9.16. The van der Waals surface area contributed by atoms with Crippen LogP contribution in [0.4, 0.5) is 11.8 Å². The van der Waals surface area contributed by atoms with Gasteiger partial charge in [-0.25, -0.2) is 19.9 Å². The maximum Gasteiger partial charge on any atom is 0.238 e. The molecule has 1 amide bonds. The molecule has 0 spiro atoms. The Balaban J connectivity index is 1.31. The summed E-state index contributed by atoms with van der Waals surface area (Å²) in [7, 11) is 0. The fourth-order valence-electron chi connectivity index (χ4n) is 3.95. The Labute approximate surface area is 156 Å². The number of anilines is 2. The van der Waals surface area contributed by atoms with Crippen LogP contribution in [0, 0.1) is 0 Å². The molecule has 0 bridgehead atoms. The van der Waals surface area contributed by atoms with Gasteiger partial charge in [0, 0.05) is 35.4 Å². The van der Waals surface area contributed by atoms with Crippen molar-refractivity contribution in [3.63, 3.8) is 0 Å². The highest BCUT2D eigenvalue weighted by molar-refractivity contribution is 6.07. The second kappa shape index (κ2) is 5.70. The maximum absolute atomic E-state index is 12.9. The second-order valence-electron chi connectivity index (χ2n) is 7.78. The Morgan fingerprint density at radius 2 is 1.96 bits per heavy atom. The van der Waals surface area contributed by atoms with Crippen molar-refractivity contribution in [2.75, 3.05) is 10.2 Å². The molecule has 1 aliphatic carbocycles. The van der Waals surface area contributed by atoms with Crippen LogP contribution in [-0.4, -0.2) is 37.9 Å². The zero-order valence-electron chi connectivity index (χ0n) is 15.3. The topological polar surface area (TPSA) is 83.9 Å². The molecular weight excluding hydrogens is 340 g/mol. The van der Waals surface area contributed by atoms with Gasteiger partial charge in [0.25, 0.3) is 0 Å². The van der Waals surface area contributed by atoms with Crippen LogP contribution in [0.15, 0.2) is 43.0 Å². The van der Waals surface area contributed by atoms with Crippen LogP contribution >= 0.6 is 0 Å². The third kappa shape index (κ3) is 2.45. The fourth-order valence-corrected chi connectivity index (χ4v) is 3.95. The number of nitrogens with zero attached hydrogens (tertiary/aromatic N) is 5. The summed E-state index contributed by atoms with van der Waals surface area (Å²) in [5, 5.41) is 4.41. The number of hydrogen-bond donors (Lipinski definition) is 1. The van der Waals surface area contributed by atoms with Crippen LogP contribution in [0.25, 0.3) is 10.9 Å². The number of aromatic nitrogens is 4. The van der Waals surface area contributed by atoms with Gasteiger partial charge in [0.15, 0.2) is 0 Å². The van der Waals surface area contributed by atoms with Crippen molar-refractivity contribution < 1.29 is 4.79 Å². The summed E-state index contributed by atoms with van der Waals surface area (Å²) in [4.78, 5) is 32.3. The van der Waals surface area contributed by atoms with E-state index >= 15 is 0 Å². The van der Waals surface area contributed by atoms with Gasteiger partial charge in [0.1, 0.15) is 12.1 Å². The number of para-hydroxylation sites is 1. The molecule has 1 N–H and O–H groups in total. The molecule has 1 saturated carbocycles. The van der Waals surface area contributed by atoms with E-state index in [2.05, 4.69) is 25.3 Å². The first-order chi connectivity index (χ1) is 13.0. The molecule has 0 unspecified atom stereocenters. The maximum atomic E-state index is 12.9. The molecular formula is C20H20N6O. The highest BCUT2D eigenvalue weighted by Crippen LogP contribution is 2.44. The lowest BCUT2D eigenvalue weighted by atomic mass is 9.84. The predicted molar refractivity (Wildman–Crippen MR) is 103 cm³/mol. The molecule has 27 heavy (non-hydrogen) atoms. The molecule has 7 heteroatoms. The molecule has 7 nitrogen and oxygen atoms in total. The van der Waals surface area contributed by atoms with E-state index in [9.17, 15) is 4.79 Å². The van der Waals surface area contributed by atoms with Gasteiger partial charge in [-0.3, -0.25) is 9.69 Å². The number of hydrogen-bond acceptors (Lipinski definition) is 6. The Hall–Kier alpha value is -3.09. The van der Waals surface area contributed by atoms with Crippen molar-refractivity contribution >= 4 is 28.6 Å². The average Bonchev–Trinajstić information content (AvgIpc) is 2.85. The average molecular weight is 360 g/mol. The van der Waals surface area contributed by atoms with Crippen LogP contribution < -0.4 is 10.2 Å². The van der Waals surface area contributed by atoms with E-state index < -0.39 is 5.41 Å². The molecule has 0 atom stereocenters. The van der Waals surface area contributed by atoms with Crippen LogP contribution in [0.3, 0.4) is 0 Å². The smallest absolute Gasteiger partial charge is 0.238 e. The lowest BCUT2D eigenvalue weighted by Crippen LogP contribution is -2.53. The Bertz CT molecular complexity index is 1040. The van der Waals surface area contributed by atoms with E-state index in [1.165, 1.54) is 6.33 Å². The quantitative estimate of drug-likeness (QED) is 0.773. The van der Waals surface area contributed by atoms with Crippen molar-refractivity contribution in [2.24, 2.45) is 0 Å². The van der Waals surface area contributed by atoms with E-state index in [1.807, 2.05) is 49.2 Å². The Kier molecular flexibility index (Phi) is 3.40. The zero-order valence-corrected chi connectivity index (χ0v) is 15.3. The van der Waals surface area contributed by atoms with Gasteiger partial charge in [0.05, 0.1) is 10.9 Å². The molecule has 2 aliphatic rings. The van der Waals surface area contributed by atoms with Crippen LogP contribution in [0.1, 0.15) is 32.3 Å². The summed E-state index contributed by atoms with van der Waals surface area (Å²) in [6.07, 6.45) is 6.80. The second-order valence-corrected chi connectivity index (χ2v) is 7.78. The van der Waals surface area contributed by atoms with E-state index in [0.29, 0.717) is 5.95 Å². The first-order valence-corrected chi connectivity index (χ1v) is 9.16. The minimum Gasteiger partial charge on any atom is -0.351 e. The summed E-state index contributed by atoms with van der Waals surface area (Å²) < 4.78 is 0. The first kappa shape index (κ1) is 16.1. The third-order valence-corrected chi connectivity index (χ3v) is 5.65. The van der Waals surface area contributed by atoms with Gasteiger partial charge in [-0.1, -0.05) is 18.2 Å². The molecule has 1 aromatic carbocycles. The summed E-state index contributed by atoms with van der Waals surface area (Å²) in [5.74, 6) is 1.49. The molecule has 1 aliphatic heterocycles. The van der Waals surface area contributed by atoms with Gasteiger partial charge in [0.2, 0.25) is 11.9 Å². The highest BCUT2D eigenvalue weighted by atomic mass is 16.2. The number of nitrogens with one attached hydrogen (secondary N) is 1. The van der Waals surface area contributed by atoms with Crippen molar-refractivity contribution in [3.8, 4) is 0 Å². The predicted octanol–water partition coefficient (Wildman–Crippen LogP) is 2.69. The lowest BCUT2D eigenvalue weighted by Gasteiger charge is -2.41. The number of carbonyl (C=O) groups excluding carboxylic acids is 1. The zero-order chi connectivity index (χ0) is 18.6. The lowest BCUT2D eigenvalue weighted by molar-refractivity contribution is -0.122. The van der Waals surface area contributed by atoms with Crippen LogP contribution in [-0.2, 0) is 10.2 Å². The molecule has 136 valence electrons. The molecule has 3 aromatic rings. The van der Waals surface area contributed by atoms with Crippen molar-refractivity contribution in [3.05, 3.63) is 48.5 Å². The molecule has 2 aromatic heterocycles. The van der Waals surface area contributed by atoms with Crippen LogP contribution in [0.5, 0.6) is 0 Å².